The maximum Gasteiger partial charge on any atom is 0.282 e. The van der Waals surface area contributed by atoms with Gasteiger partial charge in [0.25, 0.3) is 11.6 Å². The average Bonchev–Trinajstić information content (AvgIpc) is 3.15. The molecular weight excluding hydrogens is 326 g/mol. The molecule has 0 radical (unpaired) electrons. The van der Waals surface area contributed by atoms with E-state index in [1.807, 2.05) is 0 Å². The topological polar surface area (TPSA) is 66.7 Å². The molecule has 0 spiro atoms. The Kier molecular flexibility index (Phi) is 4.92. The van der Waals surface area contributed by atoms with E-state index < -0.39 is 4.92 Å². The van der Waals surface area contributed by atoms with Crippen molar-refractivity contribution in [3.63, 3.8) is 0 Å². The van der Waals surface area contributed by atoms with Crippen molar-refractivity contribution in [1.29, 1.82) is 0 Å². The Labute approximate surface area is 144 Å². The molecule has 2 aromatic rings. The summed E-state index contributed by atoms with van der Waals surface area (Å²) in [5.74, 6) is -0.259. The highest BCUT2D eigenvalue weighted by Crippen LogP contribution is 2.25. The minimum absolute atomic E-state index is 0.128. The second-order valence-corrected chi connectivity index (χ2v) is 6.62. The van der Waals surface area contributed by atoms with Crippen molar-refractivity contribution in [3.05, 3.63) is 62.3 Å². The molecule has 1 aromatic heterocycles. The number of thiophene rings is 1. The molecule has 0 saturated carbocycles. The molecule has 3 rings (SSSR count). The zero-order chi connectivity index (χ0) is 17.1. The Balaban J connectivity index is 1.67. The van der Waals surface area contributed by atoms with Crippen molar-refractivity contribution in [2.45, 2.75) is 13.0 Å². The number of carbonyl (C=O) groups excluding carboxylic acids is 1. The predicted molar refractivity (Wildman–Crippen MR) is 93.3 cm³/mol. The van der Waals surface area contributed by atoms with Crippen LogP contribution in [0, 0.1) is 10.1 Å². The average molecular weight is 345 g/mol. The molecule has 1 amide bonds. The number of nitrogens with zero attached hydrogens (tertiary/aromatic N) is 3. The number of nitro groups is 1. The van der Waals surface area contributed by atoms with Crippen LogP contribution >= 0.6 is 11.3 Å². The molecule has 1 aromatic carbocycles. The van der Waals surface area contributed by atoms with Gasteiger partial charge in [-0.25, -0.2) is 0 Å². The fraction of sp³-hybridized carbons (Fsp3) is 0.353. The van der Waals surface area contributed by atoms with Crippen LogP contribution in [0.2, 0.25) is 0 Å². The maximum absolute atomic E-state index is 12.6. The third-order valence-electron chi connectivity index (χ3n) is 4.51. The summed E-state index contributed by atoms with van der Waals surface area (Å²) >= 11 is 1.68. The van der Waals surface area contributed by atoms with E-state index >= 15 is 0 Å². The lowest BCUT2D eigenvalue weighted by Crippen LogP contribution is -2.49. The molecule has 126 valence electrons. The highest BCUT2D eigenvalue weighted by molar-refractivity contribution is 7.07. The van der Waals surface area contributed by atoms with Crippen LogP contribution in [0.5, 0.6) is 0 Å². The summed E-state index contributed by atoms with van der Waals surface area (Å²) in [6.07, 6.45) is 0. The summed E-state index contributed by atoms with van der Waals surface area (Å²) in [7, 11) is 0. The van der Waals surface area contributed by atoms with Crippen molar-refractivity contribution in [3.8, 4) is 0 Å². The van der Waals surface area contributed by atoms with Crippen molar-refractivity contribution in [2.75, 3.05) is 26.2 Å². The molecule has 1 aliphatic rings. The Hall–Kier alpha value is -2.25. The number of carbonyl (C=O) groups is 1. The summed E-state index contributed by atoms with van der Waals surface area (Å²) < 4.78 is 0. The van der Waals surface area contributed by atoms with E-state index in [1.165, 1.54) is 17.7 Å². The first-order valence-corrected chi connectivity index (χ1v) is 8.81. The van der Waals surface area contributed by atoms with Crippen molar-refractivity contribution in [1.82, 2.24) is 9.80 Å². The van der Waals surface area contributed by atoms with Crippen LogP contribution in [0.4, 0.5) is 5.69 Å². The number of hydrogen-bond donors (Lipinski definition) is 0. The van der Waals surface area contributed by atoms with E-state index in [9.17, 15) is 14.9 Å². The second kappa shape index (κ2) is 7.11. The van der Waals surface area contributed by atoms with Crippen LogP contribution in [0.25, 0.3) is 0 Å². The largest absolute Gasteiger partial charge is 0.336 e. The lowest BCUT2D eigenvalue weighted by molar-refractivity contribution is -0.385. The van der Waals surface area contributed by atoms with Crippen LogP contribution in [-0.2, 0) is 0 Å². The molecule has 1 atom stereocenters. The Morgan fingerprint density at radius 2 is 1.92 bits per heavy atom. The minimum Gasteiger partial charge on any atom is -0.336 e. The van der Waals surface area contributed by atoms with Crippen LogP contribution in [0.15, 0.2) is 41.1 Å². The smallest absolute Gasteiger partial charge is 0.282 e. The molecule has 0 bridgehead atoms. The zero-order valence-corrected chi connectivity index (χ0v) is 14.2. The number of para-hydroxylation sites is 1. The number of piperazine rings is 1. The van der Waals surface area contributed by atoms with Gasteiger partial charge < -0.3 is 4.90 Å². The second-order valence-electron chi connectivity index (χ2n) is 5.84. The van der Waals surface area contributed by atoms with Gasteiger partial charge in [-0.3, -0.25) is 19.8 Å². The third kappa shape index (κ3) is 3.32. The summed E-state index contributed by atoms with van der Waals surface area (Å²) in [5, 5.41) is 15.3. The summed E-state index contributed by atoms with van der Waals surface area (Å²) in [4.78, 5) is 27.3. The molecule has 6 nitrogen and oxygen atoms in total. The zero-order valence-electron chi connectivity index (χ0n) is 13.4. The van der Waals surface area contributed by atoms with Crippen LogP contribution < -0.4 is 0 Å². The molecule has 0 unspecified atom stereocenters. The first-order valence-electron chi connectivity index (χ1n) is 7.87. The van der Waals surface area contributed by atoms with E-state index in [1.54, 1.807) is 28.4 Å². The molecule has 24 heavy (non-hydrogen) atoms. The van der Waals surface area contributed by atoms with E-state index in [-0.39, 0.29) is 17.2 Å². The number of benzene rings is 1. The van der Waals surface area contributed by atoms with E-state index in [0.29, 0.717) is 19.1 Å². The quantitative estimate of drug-likeness (QED) is 0.630. The summed E-state index contributed by atoms with van der Waals surface area (Å²) in [6.45, 7) is 4.87. The fourth-order valence-corrected chi connectivity index (χ4v) is 3.77. The lowest BCUT2D eigenvalue weighted by Gasteiger charge is -2.37. The summed E-state index contributed by atoms with van der Waals surface area (Å²) in [5.41, 5.74) is 1.33. The third-order valence-corrected chi connectivity index (χ3v) is 5.21. The summed E-state index contributed by atoms with van der Waals surface area (Å²) in [6, 6.07) is 8.59. The number of nitro benzene ring substituents is 1. The van der Waals surface area contributed by atoms with Gasteiger partial charge in [-0.05, 0) is 35.4 Å². The molecule has 2 heterocycles. The van der Waals surface area contributed by atoms with Gasteiger partial charge in [0.15, 0.2) is 0 Å². The van der Waals surface area contributed by atoms with Gasteiger partial charge >= 0.3 is 0 Å². The molecule has 1 aliphatic heterocycles. The van der Waals surface area contributed by atoms with Crippen LogP contribution in [-0.4, -0.2) is 46.8 Å². The molecular formula is C17H19N3O3S. The van der Waals surface area contributed by atoms with E-state index in [2.05, 4.69) is 28.7 Å². The highest BCUT2D eigenvalue weighted by Gasteiger charge is 2.28. The molecule has 0 aliphatic carbocycles. The van der Waals surface area contributed by atoms with Gasteiger partial charge in [0, 0.05) is 38.3 Å². The van der Waals surface area contributed by atoms with Gasteiger partial charge in [-0.15, -0.1) is 0 Å². The monoisotopic (exact) mass is 345 g/mol. The predicted octanol–water partition coefficient (Wildman–Crippen LogP) is 3.18. The number of rotatable bonds is 4. The van der Waals surface area contributed by atoms with Gasteiger partial charge in [-0.2, -0.15) is 11.3 Å². The van der Waals surface area contributed by atoms with Gasteiger partial charge in [0.2, 0.25) is 0 Å². The standard InChI is InChI=1S/C17H19N3O3S/c1-13(14-6-11-24-12-14)18-7-9-19(10-8-18)17(21)15-4-2-3-5-16(15)20(22)23/h2-6,11-13H,7-10H2,1H3/t13-/m0/s1. The molecule has 0 N–H and O–H groups in total. The normalized spacial score (nSPS) is 16.8. The first kappa shape index (κ1) is 16.6. The molecule has 1 saturated heterocycles. The maximum atomic E-state index is 12.6. The fourth-order valence-electron chi connectivity index (χ4n) is 3.02. The Morgan fingerprint density at radius 1 is 1.21 bits per heavy atom. The van der Waals surface area contributed by atoms with Gasteiger partial charge in [0.1, 0.15) is 5.56 Å². The SMILES string of the molecule is C[C@@H](c1ccsc1)N1CCN(C(=O)c2ccccc2[N+](=O)[O-])CC1. The van der Waals surface area contributed by atoms with E-state index in [4.69, 9.17) is 0 Å². The first-order chi connectivity index (χ1) is 11.6. The highest BCUT2D eigenvalue weighted by atomic mass is 32.1. The number of amides is 1. The number of hydrogen-bond acceptors (Lipinski definition) is 5. The molecule has 7 heteroatoms. The van der Waals surface area contributed by atoms with Crippen LogP contribution in [0.1, 0.15) is 28.9 Å². The van der Waals surface area contributed by atoms with E-state index in [0.717, 1.165) is 13.1 Å². The van der Waals surface area contributed by atoms with Gasteiger partial charge in [-0.1, -0.05) is 12.1 Å². The van der Waals surface area contributed by atoms with Crippen LogP contribution in [0.3, 0.4) is 0 Å². The minimum atomic E-state index is -0.498. The van der Waals surface area contributed by atoms with Gasteiger partial charge in [0.05, 0.1) is 4.92 Å². The van der Waals surface area contributed by atoms with Crippen molar-refractivity contribution >= 4 is 22.9 Å². The lowest BCUT2D eigenvalue weighted by atomic mass is 10.1. The van der Waals surface area contributed by atoms with Crippen molar-refractivity contribution in [2.24, 2.45) is 0 Å². The molecule has 1 fully saturated rings. The Bertz CT molecular complexity index is 724. The van der Waals surface area contributed by atoms with Crippen molar-refractivity contribution < 1.29 is 9.72 Å². The Morgan fingerprint density at radius 3 is 2.54 bits per heavy atom.